The zero-order valence-corrected chi connectivity index (χ0v) is 16.1. The summed E-state index contributed by atoms with van der Waals surface area (Å²) in [7, 11) is -1.48. The average Bonchev–Trinajstić information content (AvgIpc) is 3.08. The molecule has 10 heteroatoms. The molecular weight excluding hydrogens is 375 g/mol. The van der Waals surface area contributed by atoms with E-state index in [0.29, 0.717) is 19.4 Å². The van der Waals surface area contributed by atoms with Crippen LogP contribution >= 0.6 is 0 Å². The first kappa shape index (κ1) is 21.3. The molecule has 156 valence electrons. The fraction of sp³-hybridized carbons (Fsp3) is 0.474. The van der Waals surface area contributed by atoms with Crippen LogP contribution in [0.4, 0.5) is 0 Å². The Balaban J connectivity index is 1.73. The molecule has 2 heterocycles. The zero-order valence-electron chi connectivity index (χ0n) is 16.1. The van der Waals surface area contributed by atoms with Crippen LogP contribution < -0.4 is 11.5 Å². The molecule has 1 amide bonds. The summed E-state index contributed by atoms with van der Waals surface area (Å²) in [4.78, 5) is 29.3. The van der Waals surface area contributed by atoms with Crippen molar-refractivity contribution < 1.29 is 24.7 Å². The topological polar surface area (TPSA) is 166 Å². The van der Waals surface area contributed by atoms with Gasteiger partial charge < -0.3 is 36.5 Å². The molecule has 0 radical (unpaired) electrons. The van der Waals surface area contributed by atoms with Crippen LogP contribution in [0.3, 0.4) is 0 Å². The number of aliphatic carboxylic acids is 1. The number of para-hydroxylation sites is 1. The Kier molecular flexibility index (Phi) is 6.28. The van der Waals surface area contributed by atoms with Crippen molar-refractivity contribution in [1.82, 2.24) is 9.88 Å². The quantitative estimate of drug-likeness (QED) is 0.341. The molecule has 0 aliphatic carbocycles. The Bertz CT molecular complexity index is 888. The molecular formula is C19H27BN4O5. The average molecular weight is 402 g/mol. The minimum Gasteiger partial charge on any atom is -0.480 e. The van der Waals surface area contributed by atoms with Crippen LogP contribution in [0.5, 0.6) is 0 Å². The highest BCUT2D eigenvalue weighted by molar-refractivity contribution is 6.40. The number of hydrogen-bond acceptors (Lipinski definition) is 6. The first-order valence-electron chi connectivity index (χ1n) is 9.67. The smallest absolute Gasteiger partial charge is 0.451 e. The molecule has 3 atom stereocenters. The molecule has 1 saturated heterocycles. The first-order valence-corrected chi connectivity index (χ1v) is 9.67. The monoisotopic (exact) mass is 402 g/mol. The third-order valence-electron chi connectivity index (χ3n) is 5.61. The molecule has 1 aliphatic rings. The Morgan fingerprint density at radius 1 is 1.34 bits per heavy atom. The number of amides is 1. The van der Waals surface area contributed by atoms with Crippen molar-refractivity contribution in [2.24, 2.45) is 17.4 Å². The van der Waals surface area contributed by atoms with Gasteiger partial charge in [0.15, 0.2) is 0 Å². The lowest BCUT2D eigenvalue weighted by Gasteiger charge is -2.42. The van der Waals surface area contributed by atoms with Crippen molar-refractivity contribution in [3.8, 4) is 0 Å². The van der Waals surface area contributed by atoms with Gasteiger partial charge in [0.2, 0.25) is 5.91 Å². The van der Waals surface area contributed by atoms with Gasteiger partial charge in [-0.3, -0.25) is 9.59 Å². The highest BCUT2D eigenvalue weighted by Gasteiger charge is 2.44. The van der Waals surface area contributed by atoms with E-state index in [1.165, 1.54) is 4.90 Å². The van der Waals surface area contributed by atoms with Gasteiger partial charge in [-0.15, -0.1) is 0 Å². The number of H-pyrrole nitrogens is 1. The summed E-state index contributed by atoms with van der Waals surface area (Å²) < 4.78 is 0. The first-order chi connectivity index (χ1) is 13.7. The molecule has 9 nitrogen and oxygen atoms in total. The highest BCUT2D eigenvalue weighted by atomic mass is 16.4. The maximum absolute atomic E-state index is 13.0. The molecule has 1 aromatic carbocycles. The zero-order chi connectivity index (χ0) is 21.2. The van der Waals surface area contributed by atoms with Gasteiger partial charge in [-0.05, 0) is 36.7 Å². The van der Waals surface area contributed by atoms with Crippen LogP contribution in [0.25, 0.3) is 10.9 Å². The number of nitrogens with zero attached hydrogens (tertiary/aromatic N) is 1. The fourth-order valence-corrected chi connectivity index (χ4v) is 4.12. The lowest BCUT2D eigenvalue weighted by Crippen LogP contribution is -2.64. The number of carbonyl (C=O) groups excluding carboxylic acids is 1. The molecule has 8 N–H and O–H groups in total. The fourth-order valence-electron chi connectivity index (χ4n) is 4.12. The summed E-state index contributed by atoms with van der Waals surface area (Å²) >= 11 is 0. The van der Waals surface area contributed by atoms with Gasteiger partial charge in [-0.1, -0.05) is 24.6 Å². The van der Waals surface area contributed by atoms with Gasteiger partial charge in [0.25, 0.3) is 0 Å². The summed E-state index contributed by atoms with van der Waals surface area (Å²) in [6.45, 7) is 0.167. The third kappa shape index (κ3) is 4.78. The van der Waals surface area contributed by atoms with E-state index >= 15 is 0 Å². The SMILES string of the molecule is N[C@@H](Cc1c[nH]c2ccccc12)C(=O)N1C[C@@H](CCB(O)O)C[C@](N)(C(=O)O)C1. The Hall–Kier alpha value is -2.40. The predicted molar refractivity (Wildman–Crippen MR) is 109 cm³/mol. The molecule has 1 aliphatic heterocycles. The molecule has 29 heavy (non-hydrogen) atoms. The van der Waals surface area contributed by atoms with E-state index in [1.807, 2.05) is 30.5 Å². The van der Waals surface area contributed by atoms with Crippen LogP contribution in [0.1, 0.15) is 18.4 Å². The lowest BCUT2D eigenvalue weighted by atomic mass is 9.75. The van der Waals surface area contributed by atoms with Crippen LogP contribution in [0, 0.1) is 5.92 Å². The maximum Gasteiger partial charge on any atom is 0.451 e. The second-order valence-electron chi connectivity index (χ2n) is 7.98. The number of fused-ring (bicyclic) bond motifs is 1. The minimum absolute atomic E-state index is 0.0871. The van der Waals surface area contributed by atoms with E-state index in [9.17, 15) is 14.7 Å². The normalized spacial score (nSPS) is 23.2. The summed E-state index contributed by atoms with van der Waals surface area (Å²) in [6, 6.07) is 6.87. The van der Waals surface area contributed by atoms with Crippen molar-refractivity contribution in [3.05, 3.63) is 36.0 Å². The number of carboxylic acids is 1. The van der Waals surface area contributed by atoms with Gasteiger partial charge in [-0.2, -0.15) is 0 Å². The van der Waals surface area contributed by atoms with Gasteiger partial charge in [0.05, 0.1) is 6.04 Å². The number of benzene rings is 1. The molecule has 0 unspecified atom stereocenters. The standard InChI is InChI=1S/C19H27BN4O5/c21-15(7-13-9-23-16-4-2-1-3-14(13)16)17(25)24-10-12(5-6-20(28)29)8-19(22,11-24)18(26)27/h1-4,9,12,15,23,28-29H,5-8,10-11,21-22H2,(H,26,27)/t12-,15-,19+/m0/s1. The Morgan fingerprint density at radius 2 is 2.07 bits per heavy atom. The van der Waals surface area contributed by atoms with Gasteiger partial charge >= 0.3 is 13.1 Å². The number of nitrogens with one attached hydrogen (secondary N) is 1. The van der Waals surface area contributed by atoms with Crippen molar-refractivity contribution in [2.45, 2.75) is 37.2 Å². The molecule has 0 spiro atoms. The van der Waals surface area contributed by atoms with E-state index < -0.39 is 24.7 Å². The van der Waals surface area contributed by atoms with Crippen LogP contribution in [0.15, 0.2) is 30.5 Å². The summed E-state index contributed by atoms with van der Waals surface area (Å²) in [6.07, 6.45) is 2.74. The summed E-state index contributed by atoms with van der Waals surface area (Å²) in [5.41, 5.74) is 12.5. The number of aromatic amines is 1. The second kappa shape index (κ2) is 8.54. The number of carboxylic acid groups (broad SMARTS) is 1. The number of aromatic nitrogens is 1. The molecule has 1 fully saturated rings. The van der Waals surface area contributed by atoms with Crippen molar-refractivity contribution in [1.29, 1.82) is 0 Å². The van der Waals surface area contributed by atoms with E-state index in [1.54, 1.807) is 0 Å². The van der Waals surface area contributed by atoms with E-state index in [4.69, 9.17) is 21.5 Å². The van der Waals surface area contributed by atoms with E-state index in [-0.39, 0.29) is 31.1 Å². The van der Waals surface area contributed by atoms with Crippen LogP contribution in [-0.2, 0) is 16.0 Å². The van der Waals surface area contributed by atoms with Crippen molar-refractivity contribution >= 4 is 29.9 Å². The van der Waals surface area contributed by atoms with Crippen LogP contribution in [0.2, 0.25) is 6.32 Å². The van der Waals surface area contributed by atoms with Crippen molar-refractivity contribution in [3.63, 3.8) is 0 Å². The number of nitrogens with two attached hydrogens (primary N) is 2. The Labute approximate surface area is 168 Å². The second-order valence-corrected chi connectivity index (χ2v) is 7.98. The molecule has 0 bridgehead atoms. The van der Waals surface area contributed by atoms with Crippen LogP contribution in [-0.4, -0.2) is 68.7 Å². The summed E-state index contributed by atoms with van der Waals surface area (Å²) in [5, 5.41) is 28.8. The number of piperidine rings is 1. The molecule has 3 rings (SSSR count). The number of hydrogen-bond donors (Lipinski definition) is 6. The largest absolute Gasteiger partial charge is 0.480 e. The van der Waals surface area contributed by atoms with Crippen molar-refractivity contribution in [2.75, 3.05) is 13.1 Å². The lowest BCUT2D eigenvalue weighted by molar-refractivity contribution is -0.149. The maximum atomic E-state index is 13.0. The molecule has 0 saturated carbocycles. The number of rotatable bonds is 7. The van der Waals surface area contributed by atoms with E-state index in [2.05, 4.69) is 4.98 Å². The minimum atomic E-state index is -1.58. The number of likely N-dealkylation sites (tertiary alicyclic amines) is 1. The summed E-state index contributed by atoms with van der Waals surface area (Å²) in [5.74, 6) is -1.80. The predicted octanol–water partition coefficient (Wildman–Crippen LogP) is -0.469. The molecule has 2 aromatic rings. The van der Waals surface area contributed by atoms with Gasteiger partial charge in [0, 0.05) is 30.2 Å². The van der Waals surface area contributed by atoms with Gasteiger partial charge in [-0.25, -0.2) is 0 Å². The number of carbonyl (C=O) groups is 2. The Morgan fingerprint density at radius 3 is 2.76 bits per heavy atom. The van der Waals surface area contributed by atoms with Gasteiger partial charge in [0.1, 0.15) is 5.54 Å². The van der Waals surface area contributed by atoms with E-state index in [0.717, 1.165) is 16.5 Å². The highest BCUT2D eigenvalue weighted by Crippen LogP contribution is 2.28. The third-order valence-corrected chi connectivity index (χ3v) is 5.61. The molecule has 1 aromatic heterocycles.